The SMILES string of the molecule is COc1ccc(C=NNC(=O)C2CC2(c2cccc(C)c2)c2cccc(C)c2)cc1OC. The summed E-state index contributed by atoms with van der Waals surface area (Å²) in [6.07, 6.45) is 2.38. The lowest BCUT2D eigenvalue weighted by molar-refractivity contribution is -0.122. The Morgan fingerprint density at radius 2 is 1.56 bits per heavy atom. The highest BCUT2D eigenvalue weighted by molar-refractivity contribution is 5.88. The number of amides is 1. The minimum absolute atomic E-state index is 0.0789. The summed E-state index contributed by atoms with van der Waals surface area (Å²) >= 11 is 0. The quantitative estimate of drug-likeness (QED) is 0.435. The summed E-state index contributed by atoms with van der Waals surface area (Å²) < 4.78 is 10.6. The number of hydrogen-bond acceptors (Lipinski definition) is 4. The van der Waals surface area contributed by atoms with Gasteiger partial charge in [0.05, 0.1) is 26.4 Å². The molecule has 4 rings (SSSR count). The van der Waals surface area contributed by atoms with Crippen LogP contribution in [0.1, 0.15) is 34.2 Å². The zero-order valence-corrected chi connectivity index (χ0v) is 18.9. The van der Waals surface area contributed by atoms with E-state index in [9.17, 15) is 4.79 Å². The average molecular weight is 429 g/mol. The first-order chi connectivity index (χ1) is 15.5. The second kappa shape index (κ2) is 8.87. The lowest BCUT2D eigenvalue weighted by atomic mass is 9.84. The number of hydrogen-bond donors (Lipinski definition) is 1. The molecule has 1 aliphatic carbocycles. The van der Waals surface area contributed by atoms with Gasteiger partial charge >= 0.3 is 0 Å². The summed E-state index contributed by atoms with van der Waals surface area (Å²) in [4.78, 5) is 13.1. The number of nitrogens with zero attached hydrogens (tertiary/aromatic N) is 1. The van der Waals surface area contributed by atoms with Gasteiger partial charge in [0.15, 0.2) is 11.5 Å². The molecule has 5 heteroatoms. The van der Waals surface area contributed by atoms with E-state index in [1.165, 1.54) is 22.3 Å². The van der Waals surface area contributed by atoms with E-state index >= 15 is 0 Å². The van der Waals surface area contributed by atoms with Crippen LogP contribution in [-0.2, 0) is 10.2 Å². The molecule has 0 aliphatic heterocycles. The minimum atomic E-state index is -0.318. The third-order valence-corrected chi connectivity index (χ3v) is 6.14. The van der Waals surface area contributed by atoms with Crippen molar-refractivity contribution in [2.75, 3.05) is 14.2 Å². The van der Waals surface area contributed by atoms with E-state index in [2.05, 4.69) is 72.9 Å². The number of benzene rings is 3. The summed E-state index contributed by atoms with van der Waals surface area (Å²) in [5, 5.41) is 4.20. The van der Waals surface area contributed by atoms with Crippen LogP contribution in [0.25, 0.3) is 0 Å². The third-order valence-electron chi connectivity index (χ3n) is 6.14. The first-order valence-electron chi connectivity index (χ1n) is 10.7. The maximum Gasteiger partial charge on any atom is 0.244 e. The Bertz CT molecular complexity index is 1120. The highest BCUT2D eigenvalue weighted by Crippen LogP contribution is 2.59. The molecule has 0 radical (unpaired) electrons. The summed E-state index contributed by atoms with van der Waals surface area (Å²) in [7, 11) is 3.18. The van der Waals surface area contributed by atoms with Gasteiger partial charge in [-0.25, -0.2) is 5.43 Å². The fraction of sp³-hybridized carbons (Fsp3) is 0.259. The van der Waals surface area contributed by atoms with E-state index in [0.717, 1.165) is 12.0 Å². The second-order valence-electron chi connectivity index (χ2n) is 8.32. The van der Waals surface area contributed by atoms with Crippen LogP contribution in [0.3, 0.4) is 0 Å². The number of carbonyl (C=O) groups excluding carboxylic acids is 1. The topological polar surface area (TPSA) is 59.9 Å². The molecular formula is C27H28N2O3. The zero-order valence-electron chi connectivity index (χ0n) is 18.9. The van der Waals surface area contributed by atoms with Crippen LogP contribution in [0, 0.1) is 19.8 Å². The first kappa shape index (κ1) is 21.6. The number of aryl methyl sites for hydroxylation is 2. The smallest absolute Gasteiger partial charge is 0.244 e. The van der Waals surface area contributed by atoms with E-state index in [1.807, 2.05) is 18.2 Å². The van der Waals surface area contributed by atoms with E-state index in [-0.39, 0.29) is 17.2 Å². The molecular weight excluding hydrogens is 400 g/mol. The van der Waals surface area contributed by atoms with Crippen molar-refractivity contribution in [3.8, 4) is 11.5 Å². The molecule has 5 nitrogen and oxygen atoms in total. The van der Waals surface area contributed by atoms with Crippen molar-refractivity contribution in [1.82, 2.24) is 5.43 Å². The van der Waals surface area contributed by atoms with Gasteiger partial charge in [-0.05, 0) is 55.2 Å². The summed E-state index contributed by atoms with van der Waals surface area (Å²) in [6.45, 7) is 4.16. The Balaban J connectivity index is 1.55. The third kappa shape index (κ3) is 4.11. The molecule has 0 heterocycles. The number of ether oxygens (including phenoxy) is 2. The maximum atomic E-state index is 13.1. The summed E-state index contributed by atoms with van der Waals surface area (Å²) in [5.74, 6) is 1.01. The largest absolute Gasteiger partial charge is 0.493 e. The Morgan fingerprint density at radius 3 is 2.12 bits per heavy atom. The van der Waals surface area contributed by atoms with E-state index < -0.39 is 0 Å². The lowest BCUT2D eigenvalue weighted by Crippen LogP contribution is -2.25. The van der Waals surface area contributed by atoms with Gasteiger partial charge in [-0.3, -0.25) is 4.79 Å². The summed E-state index contributed by atoms with van der Waals surface area (Å²) in [6, 6.07) is 22.4. The molecule has 0 spiro atoms. The molecule has 0 aromatic heterocycles. The van der Waals surface area contributed by atoms with Gasteiger partial charge in [0.2, 0.25) is 5.91 Å². The Morgan fingerprint density at radius 1 is 0.938 bits per heavy atom. The lowest BCUT2D eigenvalue weighted by Gasteiger charge is -2.19. The van der Waals surface area contributed by atoms with Crippen molar-refractivity contribution >= 4 is 12.1 Å². The fourth-order valence-electron chi connectivity index (χ4n) is 4.41. The van der Waals surface area contributed by atoms with Crippen molar-refractivity contribution in [1.29, 1.82) is 0 Å². The van der Waals surface area contributed by atoms with Crippen molar-refractivity contribution in [3.63, 3.8) is 0 Å². The normalized spacial score (nSPS) is 16.6. The molecule has 32 heavy (non-hydrogen) atoms. The molecule has 1 N–H and O–H groups in total. The highest BCUT2D eigenvalue weighted by Gasteiger charge is 2.60. The number of hydrazone groups is 1. The molecule has 3 aromatic carbocycles. The number of methoxy groups -OCH3 is 2. The van der Waals surface area contributed by atoms with Gasteiger partial charge in [-0.2, -0.15) is 5.10 Å². The molecule has 1 amide bonds. The Kier molecular flexibility index (Phi) is 5.99. The van der Waals surface area contributed by atoms with Crippen LogP contribution in [0.5, 0.6) is 11.5 Å². The van der Waals surface area contributed by atoms with Crippen molar-refractivity contribution in [3.05, 3.63) is 94.5 Å². The predicted molar refractivity (Wildman–Crippen MR) is 127 cm³/mol. The number of nitrogens with one attached hydrogen (secondary N) is 1. The molecule has 1 aliphatic rings. The van der Waals surface area contributed by atoms with Crippen LogP contribution in [0.4, 0.5) is 0 Å². The van der Waals surface area contributed by atoms with Gasteiger partial charge in [0.1, 0.15) is 0 Å². The van der Waals surface area contributed by atoms with Gasteiger partial charge in [0, 0.05) is 5.41 Å². The van der Waals surface area contributed by atoms with Crippen molar-refractivity contribution in [2.45, 2.75) is 25.7 Å². The second-order valence-corrected chi connectivity index (χ2v) is 8.32. The van der Waals surface area contributed by atoms with Crippen LogP contribution in [0.2, 0.25) is 0 Å². The summed E-state index contributed by atoms with van der Waals surface area (Å²) in [5.41, 5.74) is 7.95. The molecule has 164 valence electrons. The van der Waals surface area contributed by atoms with Crippen LogP contribution in [0.15, 0.2) is 71.8 Å². The van der Waals surface area contributed by atoms with Gasteiger partial charge in [-0.1, -0.05) is 59.7 Å². The molecule has 1 saturated carbocycles. The van der Waals surface area contributed by atoms with E-state index in [1.54, 1.807) is 20.4 Å². The first-order valence-corrected chi connectivity index (χ1v) is 10.7. The number of carbonyl (C=O) groups is 1. The van der Waals surface area contributed by atoms with Gasteiger partial charge in [-0.15, -0.1) is 0 Å². The van der Waals surface area contributed by atoms with Gasteiger partial charge < -0.3 is 9.47 Å². The Hall–Kier alpha value is -3.60. The van der Waals surface area contributed by atoms with E-state index in [4.69, 9.17) is 9.47 Å². The molecule has 0 saturated heterocycles. The predicted octanol–water partition coefficient (Wildman–Crippen LogP) is 4.78. The molecule has 1 atom stereocenters. The fourth-order valence-corrected chi connectivity index (χ4v) is 4.41. The molecule has 3 aromatic rings. The van der Waals surface area contributed by atoms with Crippen LogP contribution < -0.4 is 14.9 Å². The standard InChI is InChI=1S/C27H28N2O3/c1-18-7-5-9-21(13-18)27(22-10-6-8-19(2)14-22)16-23(27)26(30)29-28-17-20-11-12-24(31-3)25(15-20)32-4/h5-15,17,23H,16H2,1-4H3,(H,29,30). The zero-order chi connectivity index (χ0) is 22.7. The maximum absolute atomic E-state index is 13.1. The molecule has 1 unspecified atom stereocenters. The average Bonchev–Trinajstić information content (AvgIpc) is 3.56. The van der Waals surface area contributed by atoms with Crippen molar-refractivity contribution in [2.24, 2.45) is 11.0 Å². The minimum Gasteiger partial charge on any atom is -0.493 e. The van der Waals surface area contributed by atoms with Crippen LogP contribution >= 0.6 is 0 Å². The van der Waals surface area contributed by atoms with Crippen LogP contribution in [-0.4, -0.2) is 26.3 Å². The van der Waals surface area contributed by atoms with Crippen molar-refractivity contribution < 1.29 is 14.3 Å². The molecule has 0 bridgehead atoms. The number of rotatable bonds is 7. The highest BCUT2D eigenvalue weighted by atomic mass is 16.5. The monoisotopic (exact) mass is 428 g/mol. The molecule has 1 fully saturated rings. The van der Waals surface area contributed by atoms with E-state index in [0.29, 0.717) is 11.5 Å². The van der Waals surface area contributed by atoms with Gasteiger partial charge in [0.25, 0.3) is 0 Å². The Labute approximate surface area is 189 Å².